The van der Waals surface area contributed by atoms with E-state index in [1.54, 1.807) is 12.4 Å². The number of fused-ring (bicyclic) bond motifs is 4. The summed E-state index contributed by atoms with van der Waals surface area (Å²) in [6, 6.07) is 3.50. The number of ether oxygens (including phenoxy) is 1. The highest BCUT2D eigenvalue weighted by Gasteiger charge is 2.54. The van der Waals surface area contributed by atoms with Crippen LogP contribution >= 0.6 is 0 Å². The van der Waals surface area contributed by atoms with Crippen LogP contribution in [-0.4, -0.2) is 44.1 Å². The third-order valence-corrected chi connectivity index (χ3v) is 5.99. The Bertz CT molecular complexity index is 1250. The summed E-state index contributed by atoms with van der Waals surface area (Å²) in [6.45, 7) is 3.52. The molecule has 2 aliphatic rings. The van der Waals surface area contributed by atoms with Gasteiger partial charge >= 0.3 is 6.01 Å². The lowest BCUT2D eigenvalue weighted by Crippen LogP contribution is -2.29. The van der Waals surface area contributed by atoms with Crippen LogP contribution in [0.1, 0.15) is 5.56 Å². The molecule has 1 aliphatic carbocycles. The Labute approximate surface area is 164 Å². The van der Waals surface area contributed by atoms with Crippen molar-refractivity contribution < 1.29 is 9.13 Å². The van der Waals surface area contributed by atoms with E-state index in [0.717, 1.165) is 40.8 Å². The maximum atomic E-state index is 14.2. The van der Waals surface area contributed by atoms with Gasteiger partial charge in [-0.15, -0.1) is 0 Å². The molecule has 0 amide bonds. The summed E-state index contributed by atoms with van der Waals surface area (Å²) in [4.78, 5) is 22.7. The molecule has 1 saturated carbocycles. The van der Waals surface area contributed by atoms with Crippen molar-refractivity contribution in [3.8, 4) is 11.8 Å². The molecule has 4 heterocycles. The molecule has 2 fully saturated rings. The minimum absolute atomic E-state index is 0.192. The average Bonchev–Trinajstić information content (AvgIpc) is 3.07. The lowest BCUT2D eigenvalue weighted by atomic mass is 10.1. The minimum Gasteiger partial charge on any atom is -0.421 e. The molecular weight excluding hydrogens is 373 g/mol. The number of anilines is 1. The fraction of sp³-hybridized carbons (Fsp3) is 0.300. The standard InChI is InChI=1S/C20H18FN7O/c1-9-2-10(21)3-12-15-18(25-17(9)12)26-20(29-11-4-23-8-24-5-11)27-19(15)28-6-13-14(7-28)16(13)22/h2-5,8,13-14,16H,6-7,22H2,1H3,(H,25,26,27). The molecule has 3 N–H and O–H groups in total. The molecule has 0 bridgehead atoms. The van der Waals surface area contributed by atoms with Crippen molar-refractivity contribution in [2.24, 2.45) is 17.6 Å². The Balaban J connectivity index is 1.54. The maximum Gasteiger partial charge on any atom is 0.326 e. The molecule has 1 aromatic carbocycles. The van der Waals surface area contributed by atoms with E-state index in [0.29, 0.717) is 23.2 Å². The Kier molecular flexibility index (Phi) is 3.34. The Morgan fingerprint density at radius 2 is 1.93 bits per heavy atom. The third kappa shape index (κ3) is 2.54. The second-order valence-corrected chi connectivity index (χ2v) is 7.81. The van der Waals surface area contributed by atoms with Crippen LogP contribution in [0.4, 0.5) is 10.2 Å². The highest BCUT2D eigenvalue weighted by atomic mass is 19.1. The van der Waals surface area contributed by atoms with E-state index in [9.17, 15) is 4.39 Å². The van der Waals surface area contributed by atoms with Gasteiger partial charge in [0.2, 0.25) is 0 Å². The molecule has 1 aliphatic heterocycles. The molecule has 146 valence electrons. The molecule has 8 nitrogen and oxygen atoms in total. The number of hydrogen-bond donors (Lipinski definition) is 2. The summed E-state index contributed by atoms with van der Waals surface area (Å²) in [5, 5.41) is 1.57. The van der Waals surface area contributed by atoms with E-state index >= 15 is 0 Å². The first-order valence-electron chi connectivity index (χ1n) is 9.51. The maximum absolute atomic E-state index is 14.2. The molecule has 4 aromatic rings. The number of rotatable bonds is 3. The number of nitrogens with zero attached hydrogens (tertiary/aromatic N) is 5. The second kappa shape index (κ2) is 5.84. The number of hydrogen-bond acceptors (Lipinski definition) is 7. The van der Waals surface area contributed by atoms with Crippen LogP contribution in [0.25, 0.3) is 21.9 Å². The van der Waals surface area contributed by atoms with Crippen LogP contribution in [-0.2, 0) is 0 Å². The van der Waals surface area contributed by atoms with Crippen LogP contribution in [0.5, 0.6) is 11.8 Å². The van der Waals surface area contributed by atoms with Gasteiger partial charge in [0.05, 0.1) is 23.3 Å². The number of aromatic amines is 1. The molecule has 6 rings (SSSR count). The first-order valence-corrected chi connectivity index (χ1v) is 9.51. The van der Waals surface area contributed by atoms with E-state index < -0.39 is 0 Å². The summed E-state index contributed by atoms with van der Waals surface area (Å²) in [5.74, 6) is 1.86. The van der Waals surface area contributed by atoms with Crippen molar-refractivity contribution in [2.45, 2.75) is 13.0 Å². The van der Waals surface area contributed by atoms with Crippen LogP contribution in [0.3, 0.4) is 0 Å². The summed E-state index contributed by atoms with van der Waals surface area (Å²) >= 11 is 0. The van der Waals surface area contributed by atoms with Gasteiger partial charge in [-0.25, -0.2) is 14.4 Å². The van der Waals surface area contributed by atoms with Gasteiger partial charge in [-0.05, 0) is 36.5 Å². The lowest BCUT2D eigenvalue weighted by Gasteiger charge is -2.21. The largest absolute Gasteiger partial charge is 0.421 e. The van der Waals surface area contributed by atoms with Gasteiger partial charge in [-0.1, -0.05) is 0 Å². The van der Waals surface area contributed by atoms with E-state index in [1.807, 2.05) is 6.92 Å². The number of nitrogens with two attached hydrogens (primary N) is 1. The predicted octanol–water partition coefficient (Wildman–Crippen LogP) is 2.53. The second-order valence-electron chi connectivity index (χ2n) is 7.81. The van der Waals surface area contributed by atoms with Crippen molar-refractivity contribution in [1.29, 1.82) is 0 Å². The fourth-order valence-corrected chi connectivity index (χ4v) is 4.46. The van der Waals surface area contributed by atoms with E-state index in [4.69, 9.17) is 15.5 Å². The molecule has 9 heteroatoms. The first-order chi connectivity index (χ1) is 14.1. The topological polar surface area (TPSA) is 106 Å². The van der Waals surface area contributed by atoms with Crippen LogP contribution < -0.4 is 15.4 Å². The van der Waals surface area contributed by atoms with Gasteiger partial charge in [-0.3, -0.25) is 0 Å². The number of piperidine rings is 1. The molecule has 2 unspecified atom stereocenters. The number of H-pyrrole nitrogens is 1. The molecule has 0 radical (unpaired) electrons. The van der Waals surface area contributed by atoms with Crippen molar-refractivity contribution in [2.75, 3.05) is 18.0 Å². The number of aromatic nitrogens is 5. The Morgan fingerprint density at radius 1 is 1.17 bits per heavy atom. The van der Waals surface area contributed by atoms with Gasteiger partial charge in [0.25, 0.3) is 0 Å². The van der Waals surface area contributed by atoms with Gasteiger partial charge in [0.1, 0.15) is 23.6 Å². The number of aryl methyl sites for hydroxylation is 1. The van der Waals surface area contributed by atoms with Crippen molar-refractivity contribution in [3.63, 3.8) is 0 Å². The van der Waals surface area contributed by atoms with Gasteiger partial charge in [0.15, 0.2) is 5.75 Å². The zero-order valence-electron chi connectivity index (χ0n) is 15.6. The average molecular weight is 391 g/mol. The highest BCUT2D eigenvalue weighted by molar-refractivity contribution is 6.12. The minimum atomic E-state index is -0.282. The van der Waals surface area contributed by atoms with Crippen molar-refractivity contribution in [3.05, 3.63) is 42.2 Å². The van der Waals surface area contributed by atoms with Crippen LogP contribution in [0.15, 0.2) is 30.9 Å². The molecule has 29 heavy (non-hydrogen) atoms. The zero-order valence-corrected chi connectivity index (χ0v) is 15.6. The summed E-state index contributed by atoms with van der Waals surface area (Å²) in [5.41, 5.74) is 8.38. The molecule has 1 saturated heterocycles. The summed E-state index contributed by atoms with van der Waals surface area (Å²) in [7, 11) is 0. The normalized spacial score (nSPS) is 23.0. The Hall–Kier alpha value is -3.33. The molecule has 0 spiro atoms. The number of benzene rings is 1. The van der Waals surface area contributed by atoms with Gasteiger partial charge < -0.3 is 20.4 Å². The first kappa shape index (κ1) is 16.6. The van der Waals surface area contributed by atoms with E-state index in [1.165, 1.54) is 18.5 Å². The number of halogens is 1. The van der Waals surface area contributed by atoms with Crippen LogP contribution in [0.2, 0.25) is 0 Å². The summed E-state index contributed by atoms with van der Waals surface area (Å²) in [6.07, 6.45) is 4.53. The van der Waals surface area contributed by atoms with E-state index in [-0.39, 0.29) is 17.9 Å². The van der Waals surface area contributed by atoms with Gasteiger partial charge in [-0.2, -0.15) is 9.97 Å². The summed E-state index contributed by atoms with van der Waals surface area (Å²) < 4.78 is 20.0. The molecular formula is C20H18FN7O. The van der Waals surface area contributed by atoms with Crippen LogP contribution in [0, 0.1) is 24.6 Å². The quantitative estimate of drug-likeness (QED) is 0.553. The number of nitrogens with one attached hydrogen (secondary N) is 1. The lowest BCUT2D eigenvalue weighted by molar-refractivity contribution is 0.439. The van der Waals surface area contributed by atoms with Crippen molar-refractivity contribution in [1.82, 2.24) is 24.9 Å². The van der Waals surface area contributed by atoms with Crippen molar-refractivity contribution >= 4 is 27.8 Å². The predicted molar refractivity (Wildman–Crippen MR) is 105 cm³/mol. The Morgan fingerprint density at radius 3 is 2.69 bits per heavy atom. The molecule has 2 atom stereocenters. The zero-order chi connectivity index (χ0) is 19.7. The third-order valence-electron chi connectivity index (χ3n) is 5.99. The highest BCUT2D eigenvalue weighted by Crippen LogP contribution is 2.47. The van der Waals surface area contributed by atoms with Gasteiger partial charge in [0, 0.05) is 24.5 Å². The SMILES string of the molecule is Cc1cc(F)cc2c1[nH]c1nc(Oc3cncnc3)nc(N3CC4C(N)C4C3)c12. The molecule has 3 aromatic heterocycles. The smallest absolute Gasteiger partial charge is 0.326 e. The van der Waals surface area contributed by atoms with E-state index in [2.05, 4.69) is 24.8 Å². The monoisotopic (exact) mass is 391 g/mol. The fourth-order valence-electron chi connectivity index (χ4n) is 4.46.